The van der Waals surface area contributed by atoms with Crippen molar-refractivity contribution in [3.05, 3.63) is 76.5 Å². The Labute approximate surface area is 214 Å². The molecule has 0 saturated heterocycles. The molecule has 0 atom stereocenters. The summed E-state index contributed by atoms with van der Waals surface area (Å²) in [5, 5.41) is 3.63. The number of carbonyl (C=O) groups excluding carboxylic acids is 1. The normalized spacial score (nSPS) is 11.1. The summed E-state index contributed by atoms with van der Waals surface area (Å²) in [5.74, 6) is 1.06. The van der Waals surface area contributed by atoms with Crippen LogP contribution in [0.3, 0.4) is 0 Å². The fraction of sp³-hybridized carbons (Fsp3) is 0.400. The highest BCUT2D eigenvalue weighted by atomic mass is 32.1. The monoisotopic (exact) mass is 491 g/mol. The van der Waals surface area contributed by atoms with Gasteiger partial charge in [-0.25, -0.2) is 4.79 Å². The molecule has 0 bridgehead atoms. The van der Waals surface area contributed by atoms with Crippen molar-refractivity contribution < 1.29 is 14.3 Å². The number of ether oxygens (including phenoxy) is 2. The molecule has 3 rings (SSSR count). The number of hydrogen-bond acceptors (Lipinski definition) is 5. The van der Waals surface area contributed by atoms with E-state index in [9.17, 15) is 4.79 Å². The van der Waals surface area contributed by atoms with Gasteiger partial charge in [0.05, 0.1) is 17.9 Å². The van der Waals surface area contributed by atoms with Crippen LogP contribution in [0.2, 0.25) is 0 Å². The van der Waals surface area contributed by atoms with Gasteiger partial charge in [-0.05, 0) is 72.0 Å². The van der Waals surface area contributed by atoms with Gasteiger partial charge in [-0.2, -0.15) is 11.3 Å². The third-order valence-corrected chi connectivity index (χ3v) is 6.50. The van der Waals surface area contributed by atoms with Gasteiger partial charge in [0.2, 0.25) is 0 Å². The molecule has 0 aliphatic carbocycles. The second-order valence-electron chi connectivity index (χ2n) is 8.75. The predicted molar refractivity (Wildman–Crippen MR) is 147 cm³/mol. The van der Waals surface area contributed by atoms with Crippen LogP contribution in [0.5, 0.6) is 11.5 Å². The Balaban J connectivity index is 1.30. The van der Waals surface area contributed by atoms with Crippen LogP contribution in [0.4, 0.5) is 5.69 Å². The number of hydrogen-bond donors (Lipinski definition) is 0. The number of nitrogens with zero attached hydrogens (tertiary/aromatic N) is 1. The number of thiophene rings is 1. The lowest BCUT2D eigenvalue weighted by atomic mass is 10.1. The first-order chi connectivity index (χ1) is 17.2. The second kappa shape index (κ2) is 15.9. The van der Waals surface area contributed by atoms with Gasteiger partial charge in [-0.3, -0.25) is 4.99 Å². The summed E-state index contributed by atoms with van der Waals surface area (Å²) >= 11 is 1.47. The lowest BCUT2D eigenvalue weighted by Crippen LogP contribution is -2.06. The van der Waals surface area contributed by atoms with Gasteiger partial charge in [-0.1, -0.05) is 64.7 Å². The zero-order chi connectivity index (χ0) is 24.6. The molecule has 0 fully saturated rings. The summed E-state index contributed by atoms with van der Waals surface area (Å²) in [7, 11) is 0. The summed E-state index contributed by atoms with van der Waals surface area (Å²) in [6.07, 6.45) is 15.1. The van der Waals surface area contributed by atoms with Crippen molar-refractivity contribution in [1.82, 2.24) is 0 Å². The molecule has 0 saturated carbocycles. The summed E-state index contributed by atoms with van der Waals surface area (Å²) in [4.78, 5) is 16.5. The summed E-state index contributed by atoms with van der Waals surface area (Å²) in [5.41, 5.74) is 2.36. The first kappa shape index (κ1) is 26.7. The van der Waals surface area contributed by atoms with Crippen molar-refractivity contribution in [3.8, 4) is 11.5 Å². The van der Waals surface area contributed by atoms with E-state index in [2.05, 4.69) is 11.9 Å². The molecule has 0 aliphatic heterocycles. The fourth-order valence-electron chi connectivity index (χ4n) is 3.73. The van der Waals surface area contributed by atoms with Gasteiger partial charge in [-0.15, -0.1) is 0 Å². The molecule has 0 spiro atoms. The zero-order valence-corrected chi connectivity index (χ0v) is 21.6. The molecule has 0 radical (unpaired) electrons. The highest BCUT2D eigenvalue weighted by Gasteiger charge is 2.08. The predicted octanol–water partition coefficient (Wildman–Crippen LogP) is 9.02. The minimum absolute atomic E-state index is 0.344. The van der Waals surface area contributed by atoms with Gasteiger partial charge >= 0.3 is 5.97 Å². The SMILES string of the molecule is CCCCCCCCCCCCOc1ccc(N=Cc2ccc(OC(=O)c3ccsc3)cc2)cc1. The topological polar surface area (TPSA) is 47.9 Å². The first-order valence-electron chi connectivity index (χ1n) is 12.9. The molecular weight excluding hydrogens is 454 g/mol. The Morgan fingerprint density at radius 1 is 0.800 bits per heavy atom. The Hall–Kier alpha value is -2.92. The average molecular weight is 492 g/mol. The van der Waals surface area contributed by atoms with Gasteiger partial charge in [0.15, 0.2) is 0 Å². The van der Waals surface area contributed by atoms with Crippen LogP contribution in [-0.2, 0) is 0 Å². The lowest BCUT2D eigenvalue weighted by molar-refractivity contribution is 0.0735. The number of aliphatic imine (C=N–C) groups is 1. The molecule has 4 nitrogen and oxygen atoms in total. The Morgan fingerprint density at radius 3 is 2.06 bits per heavy atom. The van der Waals surface area contributed by atoms with E-state index in [0.29, 0.717) is 11.3 Å². The number of esters is 1. The Bertz CT molecular complexity index is 995. The van der Waals surface area contributed by atoms with Gasteiger partial charge < -0.3 is 9.47 Å². The van der Waals surface area contributed by atoms with E-state index in [-0.39, 0.29) is 5.97 Å². The van der Waals surface area contributed by atoms with Crippen molar-refractivity contribution in [3.63, 3.8) is 0 Å². The molecule has 1 heterocycles. The molecule has 1 aromatic heterocycles. The molecule has 35 heavy (non-hydrogen) atoms. The van der Waals surface area contributed by atoms with Crippen LogP contribution < -0.4 is 9.47 Å². The maximum absolute atomic E-state index is 12.0. The minimum Gasteiger partial charge on any atom is -0.494 e. The van der Waals surface area contributed by atoms with Crippen molar-refractivity contribution in [2.24, 2.45) is 4.99 Å². The molecule has 0 unspecified atom stereocenters. The highest BCUT2D eigenvalue weighted by Crippen LogP contribution is 2.20. The molecule has 0 aliphatic rings. The van der Waals surface area contributed by atoms with Crippen molar-refractivity contribution >= 4 is 29.2 Å². The first-order valence-corrected chi connectivity index (χ1v) is 13.8. The summed E-state index contributed by atoms with van der Waals surface area (Å²) < 4.78 is 11.3. The standard InChI is InChI=1S/C30H37NO3S/c1-2-3-4-5-6-7-8-9-10-11-21-33-28-18-14-27(15-19-28)31-23-25-12-16-29(17-13-25)34-30(32)26-20-22-35-24-26/h12-20,22-24H,2-11,21H2,1H3. The van der Waals surface area contributed by atoms with Crippen LogP contribution in [0.15, 0.2) is 70.3 Å². The van der Waals surface area contributed by atoms with Crippen LogP contribution >= 0.6 is 11.3 Å². The number of carbonyl (C=O) groups is 1. The third kappa shape index (κ3) is 10.5. The third-order valence-electron chi connectivity index (χ3n) is 5.81. The van der Waals surface area contributed by atoms with Gasteiger partial charge in [0, 0.05) is 11.6 Å². The number of rotatable bonds is 16. The smallest absolute Gasteiger partial charge is 0.344 e. The summed E-state index contributed by atoms with van der Waals surface area (Å²) in [6, 6.07) is 16.9. The van der Waals surface area contributed by atoms with Crippen LogP contribution in [0.25, 0.3) is 0 Å². The molecule has 3 aromatic rings. The minimum atomic E-state index is -0.344. The van der Waals surface area contributed by atoms with Crippen molar-refractivity contribution in [1.29, 1.82) is 0 Å². The quantitative estimate of drug-likeness (QED) is 0.0869. The van der Waals surface area contributed by atoms with E-state index in [1.807, 2.05) is 41.8 Å². The Kier molecular flexibility index (Phi) is 12.1. The van der Waals surface area contributed by atoms with E-state index >= 15 is 0 Å². The molecule has 2 aromatic carbocycles. The molecule has 186 valence electrons. The zero-order valence-electron chi connectivity index (χ0n) is 20.8. The fourth-order valence-corrected chi connectivity index (χ4v) is 4.35. The van der Waals surface area contributed by atoms with E-state index < -0.39 is 0 Å². The van der Waals surface area contributed by atoms with Gasteiger partial charge in [0.1, 0.15) is 11.5 Å². The van der Waals surface area contributed by atoms with Crippen molar-refractivity contribution in [2.75, 3.05) is 6.61 Å². The second-order valence-corrected chi connectivity index (χ2v) is 9.53. The van der Waals surface area contributed by atoms with Crippen LogP contribution in [0.1, 0.15) is 87.1 Å². The largest absolute Gasteiger partial charge is 0.494 e. The van der Waals surface area contributed by atoms with Crippen molar-refractivity contribution in [2.45, 2.75) is 71.1 Å². The maximum atomic E-state index is 12.0. The van der Waals surface area contributed by atoms with Crippen LogP contribution in [0, 0.1) is 0 Å². The molecular formula is C30H37NO3S. The van der Waals surface area contributed by atoms with Gasteiger partial charge in [0.25, 0.3) is 0 Å². The highest BCUT2D eigenvalue weighted by molar-refractivity contribution is 7.08. The van der Waals surface area contributed by atoms with E-state index in [4.69, 9.17) is 9.47 Å². The maximum Gasteiger partial charge on any atom is 0.344 e. The van der Waals surface area contributed by atoms with Crippen LogP contribution in [-0.4, -0.2) is 18.8 Å². The lowest BCUT2D eigenvalue weighted by Gasteiger charge is -2.06. The Morgan fingerprint density at radius 2 is 1.43 bits per heavy atom. The van der Waals surface area contributed by atoms with E-state index in [1.54, 1.807) is 29.8 Å². The molecule has 0 amide bonds. The average Bonchev–Trinajstić information content (AvgIpc) is 3.43. The summed E-state index contributed by atoms with van der Waals surface area (Å²) in [6.45, 7) is 3.03. The van der Waals surface area contributed by atoms with E-state index in [1.165, 1.54) is 69.1 Å². The van der Waals surface area contributed by atoms with E-state index in [0.717, 1.165) is 30.0 Å². The molecule has 0 N–H and O–H groups in total. The number of unbranched alkanes of at least 4 members (excludes halogenated alkanes) is 9. The number of benzene rings is 2. The molecule has 5 heteroatoms.